The molecule has 0 aromatic carbocycles. The zero-order valence-electron chi connectivity index (χ0n) is 13.6. The largest absolute Gasteiger partial charge is 0.337 e. The zero-order valence-corrected chi connectivity index (χ0v) is 14.4. The molecule has 5 nitrogen and oxygen atoms in total. The molecule has 1 saturated heterocycles. The van der Waals surface area contributed by atoms with E-state index in [0.29, 0.717) is 6.04 Å². The molecule has 0 spiro atoms. The first-order valence-corrected chi connectivity index (χ1v) is 9.16. The first kappa shape index (κ1) is 16.2. The third-order valence-electron chi connectivity index (χ3n) is 4.51. The molecule has 0 bridgehead atoms. The van der Waals surface area contributed by atoms with E-state index in [4.69, 9.17) is 0 Å². The maximum atomic E-state index is 12.5. The average Bonchev–Trinajstić information content (AvgIpc) is 3.22. The van der Waals surface area contributed by atoms with Crippen molar-refractivity contribution in [3.63, 3.8) is 0 Å². The standard InChI is InChI=1S/C17H24N4OS/c1-15(6-11-21-10-3-7-18-21)19-8-4-9-20(13-12-19)17(22)16-5-2-14-23-16/h2-3,5,7,10,14-15H,4,6,8-9,11-13H2,1H3. The van der Waals surface area contributed by atoms with E-state index >= 15 is 0 Å². The molecule has 23 heavy (non-hydrogen) atoms. The number of amides is 1. The molecule has 3 rings (SSSR count). The second-order valence-corrected chi connectivity index (χ2v) is 7.01. The van der Waals surface area contributed by atoms with E-state index < -0.39 is 0 Å². The summed E-state index contributed by atoms with van der Waals surface area (Å²) >= 11 is 1.53. The maximum Gasteiger partial charge on any atom is 0.263 e. The van der Waals surface area contributed by atoms with Gasteiger partial charge in [0, 0.05) is 51.2 Å². The summed E-state index contributed by atoms with van der Waals surface area (Å²) < 4.78 is 1.99. The Morgan fingerprint density at radius 3 is 2.96 bits per heavy atom. The Morgan fingerprint density at radius 2 is 2.22 bits per heavy atom. The highest BCUT2D eigenvalue weighted by molar-refractivity contribution is 7.12. The molecule has 1 aliphatic rings. The Labute approximate surface area is 141 Å². The van der Waals surface area contributed by atoms with Crippen LogP contribution in [0.15, 0.2) is 36.0 Å². The van der Waals surface area contributed by atoms with Crippen LogP contribution in [0, 0.1) is 0 Å². The van der Waals surface area contributed by atoms with Gasteiger partial charge in [-0.15, -0.1) is 11.3 Å². The van der Waals surface area contributed by atoms with E-state index in [2.05, 4.69) is 16.9 Å². The molecule has 0 aliphatic carbocycles. The summed E-state index contributed by atoms with van der Waals surface area (Å²) in [6.07, 6.45) is 5.96. The van der Waals surface area contributed by atoms with Crippen LogP contribution in [-0.4, -0.2) is 57.7 Å². The lowest BCUT2D eigenvalue weighted by molar-refractivity contribution is 0.0763. The predicted molar refractivity (Wildman–Crippen MR) is 92.7 cm³/mol. The van der Waals surface area contributed by atoms with Crippen molar-refractivity contribution in [2.75, 3.05) is 26.2 Å². The number of nitrogens with zero attached hydrogens (tertiary/aromatic N) is 4. The van der Waals surface area contributed by atoms with Crippen molar-refractivity contribution >= 4 is 17.2 Å². The van der Waals surface area contributed by atoms with Gasteiger partial charge >= 0.3 is 0 Å². The Bertz CT molecular complexity index is 596. The van der Waals surface area contributed by atoms with Crippen molar-refractivity contribution in [2.24, 2.45) is 0 Å². The van der Waals surface area contributed by atoms with Gasteiger partial charge in [-0.2, -0.15) is 5.10 Å². The molecule has 3 heterocycles. The monoisotopic (exact) mass is 332 g/mol. The number of aryl methyl sites for hydroxylation is 1. The van der Waals surface area contributed by atoms with Crippen molar-refractivity contribution in [1.29, 1.82) is 0 Å². The van der Waals surface area contributed by atoms with Crippen LogP contribution in [-0.2, 0) is 6.54 Å². The van der Waals surface area contributed by atoms with Crippen molar-refractivity contribution < 1.29 is 4.79 Å². The van der Waals surface area contributed by atoms with Crippen molar-refractivity contribution in [1.82, 2.24) is 19.6 Å². The molecule has 1 aliphatic heterocycles. The van der Waals surface area contributed by atoms with Crippen LogP contribution in [0.4, 0.5) is 0 Å². The molecule has 6 heteroatoms. The van der Waals surface area contributed by atoms with Gasteiger partial charge in [-0.3, -0.25) is 14.4 Å². The molecule has 1 atom stereocenters. The van der Waals surface area contributed by atoms with Gasteiger partial charge in [-0.25, -0.2) is 0 Å². The van der Waals surface area contributed by atoms with Gasteiger partial charge in [0.25, 0.3) is 5.91 Å². The van der Waals surface area contributed by atoms with Crippen LogP contribution in [0.2, 0.25) is 0 Å². The molecule has 1 amide bonds. The summed E-state index contributed by atoms with van der Waals surface area (Å²) in [7, 11) is 0. The van der Waals surface area contributed by atoms with Crippen molar-refractivity contribution in [3.05, 3.63) is 40.8 Å². The highest BCUT2D eigenvalue weighted by Crippen LogP contribution is 2.15. The molecule has 124 valence electrons. The number of rotatable bonds is 5. The molecular formula is C17H24N4OS. The lowest BCUT2D eigenvalue weighted by atomic mass is 10.2. The fraction of sp³-hybridized carbons (Fsp3) is 0.529. The van der Waals surface area contributed by atoms with Gasteiger partial charge < -0.3 is 4.90 Å². The Hall–Kier alpha value is -1.66. The molecule has 0 radical (unpaired) electrons. The fourth-order valence-electron chi connectivity index (χ4n) is 3.07. The summed E-state index contributed by atoms with van der Waals surface area (Å²) in [4.78, 5) is 17.8. The molecular weight excluding hydrogens is 308 g/mol. The van der Waals surface area contributed by atoms with Gasteiger partial charge in [-0.05, 0) is 37.3 Å². The van der Waals surface area contributed by atoms with Crippen LogP contribution in [0.1, 0.15) is 29.4 Å². The van der Waals surface area contributed by atoms with Crippen LogP contribution >= 0.6 is 11.3 Å². The third-order valence-corrected chi connectivity index (χ3v) is 5.37. The number of carbonyl (C=O) groups is 1. The SMILES string of the molecule is CC(CCn1cccn1)N1CCCN(C(=O)c2cccs2)CC1. The van der Waals surface area contributed by atoms with E-state index in [0.717, 1.165) is 50.4 Å². The molecule has 1 fully saturated rings. The first-order chi connectivity index (χ1) is 11.2. The molecule has 0 saturated carbocycles. The quantitative estimate of drug-likeness (QED) is 0.845. The summed E-state index contributed by atoms with van der Waals surface area (Å²) in [5, 5.41) is 6.23. The van der Waals surface area contributed by atoms with Crippen LogP contribution in [0.25, 0.3) is 0 Å². The van der Waals surface area contributed by atoms with E-state index in [1.54, 1.807) is 0 Å². The van der Waals surface area contributed by atoms with Crippen LogP contribution < -0.4 is 0 Å². The lowest BCUT2D eigenvalue weighted by Crippen LogP contribution is -2.38. The fourth-order valence-corrected chi connectivity index (χ4v) is 3.76. The highest BCUT2D eigenvalue weighted by Gasteiger charge is 2.23. The second kappa shape index (κ2) is 7.75. The van der Waals surface area contributed by atoms with Gasteiger partial charge in [0.2, 0.25) is 0 Å². The predicted octanol–water partition coefficient (Wildman–Crippen LogP) is 2.57. The highest BCUT2D eigenvalue weighted by atomic mass is 32.1. The summed E-state index contributed by atoms with van der Waals surface area (Å²) in [6, 6.07) is 6.34. The molecule has 2 aromatic rings. The molecule has 0 N–H and O–H groups in total. The first-order valence-electron chi connectivity index (χ1n) is 8.28. The van der Waals surface area contributed by atoms with Gasteiger partial charge in [-0.1, -0.05) is 6.07 Å². The number of aromatic nitrogens is 2. The van der Waals surface area contributed by atoms with Crippen LogP contribution in [0.3, 0.4) is 0 Å². The van der Waals surface area contributed by atoms with Crippen LogP contribution in [0.5, 0.6) is 0 Å². The summed E-state index contributed by atoms with van der Waals surface area (Å²) in [6.45, 7) is 6.93. The molecule has 1 unspecified atom stereocenters. The van der Waals surface area contributed by atoms with Crippen molar-refractivity contribution in [2.45, 2.75) is 32.4 Å². The Kier molecular flexibility index (Phi) is 5.46. The number of hydrogen-bond acceptors (Lipinski definition) is 4. The minimum absolute atomic E-state index is 0.186. The number of thiophene rings is 1. The minimum Gasteiger partial charge on any atom is -0.337 e. The lowest BCUT2D eigenvalue weighted by Gasteiger charge is -2.27. The topological polar surface area (TPSA) is 41.4 Å². The Balaban J connectivity index is 1.50. The minimum atomic E-state index is 0.186. The number of carbonyl (C=O) groups excluding carboxylic acids is 1. The number of hydrogen-bond donors (Lipinski definition) is 0. The van der Waals surface area contributed by atoms with Gasteiger partial charge in [0.15, 0.2) is 0 Å². The van der Waals surface area contributed by atoms with E-state index in [-0.39, 0.29) is 5.91 Å². The second-order valence-electron chi connectivity index (χ2n) is 6.07. The third kappa shape index (κ3) is 4.20. The summed E-state index contributed by atoms with van der Waals surface area (Å²) in [5.74, 6) is 0.186. The van der Waals surface area contributed by atoms with E-state index in [1.165, 1.54) is 11.3 Å². The summed E-state index contributed by atoms with van der Waals surface area (Å²) in [5.41, 5.74) is 0. The van der Waals surface area contributed by atoms with Gasteiger partial charge in [0.1, 0.15) is 0 Å². The van der Waals surface area contributed by atoms with Gasteiger partial charge in [0.05, 0.1) is 4.88 Å². The van der Waals surface area contributed by atoms with E-state index in [9.17, 15) is 4.79 Å². The normalized spacial score (nSPS) is 17.9. The smallest absolute Gasteiger partial charge is 0.263 e. The van der Waals surface area contributed by atoms with Crippen molar-refractivity contribution in [3.8, 4) is 0 Å². The zero-order chi connectivity index (χ0) is 16.1. The van der Waals surface area contributed by atoms with E-state index in [1.807, 2.05) is 45.6 Å². The molecule has 2 aromatic heterocycles. The average molecular weight is 332 g/mol. The Morgan fingerprint density at radius 1 is 1.30 bits per heavy atom. The maximum absolute atomic E-state index is 12.5.